The van der Waals surface area contributed by atoms with E-state index in [1.165, 1.54) is 0 Å². The summed E-state index contributed by atoms with van der Waals surface area (Å²) >= 11 is 0. The second-order valence-electron chi connectivity index (χ2n) is 10.3. The highest BCUT2D eigenvalue weighted by Gasteiger charge is 2.33. The molecule has 0 aromatic heterocycles. The normalized spacial score (nSPS) is 11.8. The number of benzene rings is 2. The first-order chi connectivity index (χ1) is 22.2. The Morgan fingerprint density at radius 3 is 1.28 bits per heavy atom. The van der Waals surface area contributed by atoms with Gasteiger partial charge in [0.25, 0.3) is 0 Å². The molecule has 12 heteroatoms. The molecule has 2 aromatic rings. The van der Waals surface area contributed by atoms with Crippen molar-refractivity contribution in [3.8, 4) is 0 Å². The number of carbonyl (C=O) groups excluding carboxylic acids is 4. The zero-order valence-corrected chi connectivity index (χ0v) is 26.4. The highest BCUT2D eigenvalue weighted by molar-refractivity contribution is 6.31. The summed E-state index contributed by atoms with van der Waals surface area (Å²) in [6.07, 6.45) is 0. The molecule has 0 fully saturated rings. The van der Waals surface area contributed by atoms with Crippen molar-refractivity contribution in [3.63, 3.8) is 0 Å². The molecule has 0 heterocycles. The number of carbonyl (C=O) groups is 4. The number of ether oxygens (including phenoxy) is 6. The predicted octanol–water partition coefficient (Wildman–Crippen LogP) is 3.59. The third kappa shape index (κ3) is 10.9. The molecule has 2 aromatic carbocycles. The quantitative estimate of drug-likeness (QED) is 0.0942. The van der Waals surface area contributed by atoms with Crippen LogP contribution in [0.4, 0.5) is 11.4 Å². The number of hydrogen-bond acceptors (Lipinski definition) is 12. The van der Waals surface area contributed by atoms with Gasteiger partial charge in [-0.15, -0.1) is 0 Å². The highest BCUT2D eigenvalue weighted by atomic mass is 16.6. The maximum Gasteiger partial charge on any atom is 0.333 e. The molecule has 0 amide bonds. The maximum absolute atomic E-state index is 13.6. The van der Waals surface area contributed by atoms with Crippen molar-refractivity contribution in [1.29, 1.82) is 0 Å². The topological polar surface area (TPSA) is 148 Å². The van der Waals surface area contributed by atoms with Crippen LogP contribution in [0.25, 0.3) is 0 Å². The molecular weight excluding hydrogens is 596 g/mol. The van der Waals surface area contributed by atoms with Gasteiger partial charge in [-0.25, -0.2) is 9.59 Å². The Kier molecular flexibility index (Phi) is 15.1. The number of ketones is 2. The van der Waals surface area contributed by atoms with Crippen LogP contribution in [0.1, 0.15) is 45.7 Å². The lowest BCUT2D eigenvalue weighted by Crippen LogP contribution is -2.25. The van der Waals surface area contributed by atoms with Crippen LogP contribution in [-0.2, 0) is 38.0 Å². The third-order valence-electron chi connectivity index (χ3n) is 6.56. The average Bonchev–Trinajstić information content (AvgIpc) is 3.05. The Balaban J connectivity index is 1.47. The van der Waals surface area contributed by atoms with Gasteiger partial charge in [0.2, 0.25) is 0 Å². The Morgan fingerprint density at radius 1 is 0.565 bits per heavy atom. The van der Waals surface area contributed by atoms with Crippen molar-refractivity contribution in [2.45, 2.75) is 13.8 Å². The van der Waals surface area contributed by atoms with Gasteiger partial charge < -0.3 is 39.1 Å². The first-order valence-corrected chi connectivity index (χ1v) is 15.0. The van der Waals surface area contributed by atoms with Gasteiger partial charge in [0, 0.05) is 46.7 Å². The molecule has 12 nitrogen and oxygen atoms in total. The van der Waals surface area contributed by atoms with Gasteiger partial charge in [-0.2, -0.15) is 0 Å². The summed E-state index contributed by atoms with van der Waals surface area (Å²) in [4.78, 5) is 49.9. The maximum atomic E-state index is 13.6. The van der Waals surface area contributed by atoms with E-state index in [0.717, 1.165) is 0 Å². The summed E-state index contributed by atoms with van der Waals surface area (Å²) < 4.78 is 31.9. The van der Waals surface area contributed by atoms with E-state index < -0.39 is 11.9 Å². The molecule has 1 aliphatic carbocycles. The monoisotopic (exact) mass is 638 g/mol. The average molecular weight is 639 g/mol. The van der Waals surface area contributed by atoms with Crippen LogP contribution in [0.3, 0.4) is 0 Å². The first-order valence-electron chi connectivity index (χ1n) is 15.0. The van der Waals surface area contributed by atoms with E-state index in [1.54, 1.807) is 50.2 Å². The lowest BCUT2D eigenvalue weighted by atomic mass is 9.82. The van der Waals surface area contributed by atoms with E-state index in [2.05, 4.69) is 23.8 Å². The van der Waals surface area contributed by atoms with Gasteiger partial charge in [0.05, 0.1) is 64.0 Å². The molecule has 2 N–H and O–H groups in total. The molecule has 0 aliphatic heterocycles. The van der Waals surface area contributed by atoms with E-state index in [9.17, 15) is 19.2 Å². The van der Waals surface area contributed by atoms with Crippen LogP contribution >= 0.6 is 0 Å². The Hall–Kier alpha value is -4.36. The molecule has 0 unspecified atom stereocenters. The van der Waals surface area contributed by atoms with Crippen LogP contribution in [-0.4, -0.2) is 103 Å². The lowest BCUT2D eigenvalue weighted by molar-refractivity contribution is -0.141. The molecular formula is C34H42N2O10. The Labute approximate surface area is 269 Å². The van der Waals surface area contributed by atoms with Crippen molar-refractivity contribution in [2.24, 2.45) is 0 Å². The number of rotatable bonds is 22. The fourth-order valence-corrected chi connectivity index (χ4v) is 4.31. The summed E-state index contributed by atoms with van der Waals surface area (Å²) in [6.45, 7) is 13.7. The van der Waals surface area contributed by atoms with Crippen molar-refractivity contribution in [3.05, 3.63) is 83.0 Å². The van der Waals surface area contributed by atoms with Crippen molar-refractivity contribution >= 4 is 34.9 Å². The number of anilines is 2. The third-order valence-corrected chi connectivity index (χ3v) is 6.56. The molecule has 0 bridgehead atoms. The molecule has 46 heavy (non-hydrogen) atoms. The second-order valence-corrected chi connectivity index (χ2v) is 10.3. The smallest absolute Gasteiger partial charge is 0.333 e. The standard InChI is InChI=1S/C34H42N2O10/c1-23(2)33(39)45-21-19-43-17-15-41-13-11-35-27-9-10-28(30-29(27)31(37)25-7-5-6-8-26(25)32(30)38)36-12-14-42-16-18-44-20-22-46-34(40)24(3)4/h5-10,35-36H,1,3,11-22H2,2,4H3. The minimum atomic E-state index is -0.453. The van der Waals surface area contributed by atoms with Crippen molar-refractivity contribution in [1.82, 2.24) is 0 Å². The minimum Gasteiger partial charge on any atom is -0.460 e. The van der Waals surface area contributed by atoms with Crippen molar-refractivity contribution in [2.75, 3.05) is 89.8 Å². The lowest BCUT2D eigenvalue weighted by Gasteiger charge is -2.24. The van der Waals surface area contributed by atoms with Gasteiger partial charge in [0.1, 0.15) is 13.2 Å². The highest BCUT2D eigenvalue weighted by Crippen LogP contribution is 2.36. The molecule has 1 aliphatic rings. The molecule has 0 radical (unpaired) electrons. The van der Waals surface area contributed by atoms with Gasteiger partial charge >= 0.3 is 11.9 Å². The zero-order valence-electron chi connectivity index (χ0n) is 26.4. The van der Waals surface area contributed by atoms with E-state index in [0.29, 0.717) is 97.5 Å². The largest absolute Gasteiger partial charge is 0.460 e. The zero-order chi connectivity index (χ0) is 33.3. The molecule has 0 atom stereocenters. The van der Waals surface area contributed by atoms with E-state index >= 15 is 0 Å². The van der Waals surface area contributed by atoms with E-state index in [-0.39, 0.29) is 38.0 Å². The molecule has 0 spiro atoms. The van der Waals surface area contributed by atoms with E-state index in [1.807, 2.05) is 0 Å². The fraction of sp³-hybridized carbons (Fsp3) is 0.412. The summed E-state index contributed by atoms with van der Waals surface area (Å²) in [5, 5.41) is 6.46. The fourth-order valence-electron chi connectivity index (χ4n) is 4.31. The number of fused-ring (bicyclic) bond motifs is 2. The van der Waals surface area contributed by atoms with Crippen LogP contribution in [0.15, 0.2) is 60.7 Å². The summed E-state index contributed by atoms with van der Waals surface area (Å²) in [6, 6.07) is 10.3. The SMILES string of the molecule is C=C(C)C(=O)OCCOCCOCCNc1ccc(NCCOCCOCCOC(=O)C(=C)C)c2c1C(=O)c1ccccc1C2=O. The number of nitrogens with one attached hydrogen (secondary N) is 2. The van der Waals surface area contributed by atoms with Crippen LogP contribution in [0, 0.1) is 0 Å². The van der Waals surface area contributed by atoms with Crippen LogP contribution in [0.2, 0.25) is 0 Å². The minimum absolute atomic E-state index is 0.138. The summed E-state index contributed by atoms with van der Waals surface area (Å²) in [5.74, 6) is -1.38. The van der Waals surface area contributed by atoms with E-state index in [4.69, 9.17) is 28.4 Å². The first kappa shape index (κ1) is 36.1. The Bertz CT molecular complexity index is 1300. The molecule has 0 saturated heterocycles. The molecule has 0 saturated carbocycles. The van der Waals surface area contributed by atoms with Gasteiger partial charge in [-0.05, 0) is 26.0 Å². The van der Waals surface area contributed by atoms with Crippen LogP contribution < -0.4 is 10.6 Å². The number of hydrogen-bond donors (Lipinski definition) is 2. The molecule has 3 rings (SSSR count). The van der Waals surface area contributed by atoms with Gasteiger partial charge in [0.15, 0.2) is 11.6 Å². The number of esters is 2. The van der Waals surface area contributed by atoms with Crippen LogP contribution in [0.5, 0.6) is 0 Å². The second kappa shape index (κ2) is 19.2. The Morgan fingerprint density at radius 2 is 0.913 bits per heavy atom. The molecule has 248 valence electrons. The van der Waals surface area contributed by atoms with Gasteiger partial charge in [-0.1, -0.05) is 37.4 Å². The predicted molar refractivity (Wildman–Crippen MR) is 172 cm³/mol. The van der Waals surface area contributed by atoms with Gasteiger partial charge in [-0.3, -0.25) is 9.59 Å². The van der Waals surface area contributed by atoms with Crippen molar-refractivity contribution < 1.29 is 47.6 Å². The summed E-state index contributed by atoms with van der Waals surface area (Å²) in [7, 11) is 0. The summed E-state index contributed by atoms with van der Waals surface area (Å²) in [5.41, 5.74) is 3.08.